The molecule has 0 aliphatic carbocycles. The summed E-state index contributed by atoms with van der Waals surface area (Å²) in [4.78, 5) is 12.6. The van der Waals surface area contributed by atoms with Gasteiger partial charge in [0.05, 0.1) is 14.2 Å². The normalized spacial score (nSPS) is 11.3. The minimum Gasteiger partial charge on any atom is -0.493 e. The summed E-state index contributed by atoms with van der Waals surface area (Å²) in [6.07, 6.45) is 3.22. The lowest BCUT2D eigenvalue weighted by molar-refractivity contribution is -0.111. The Morgan fingerprint density at radius 1 is 0.909 bits per heavy atom. The molecule has 0 fully saturated rings. The summed E-state index contributed by atoms with van der Waals surface area (Å²) in [7, 11) is 3.15. The highest BCUT2D eigenvalue weighted by Gasteiger charge is 2.18. The van der Waals surface area contributed by atoms with Crippen LogP contribution in [0.3, 0.4) is 0 Å². The molecule has 3 aromatic carbocycles. The number of nitrogens with one attached hydrogen (secondary N) is 1. The van der Waals surface area contributed by atoms with E-state index in [-0.39, 0.29) is 11.3 Å². The molecule has 0 aliphatic heterocycles. The Morgan fingerprint density at radius 2 is 1.52 bits per heavy atom. The molecule has 5 heteroatoms. The maximum atomic E-state index is 12.6. The monoisotopic (exact) mass is 445 g/mol. The van der Waals surface area contributed by atoms with Crippen molar-refractivity contribution < 1.29 is 19.0 Å². The molecule has 0 aromatic heterocycles. The molecule has 0 aliphatic rings. The van der Waals surface area contributed by atoms with Crippen LogP contribution in [0.2, 0.25) is 0 Å². The van der Waals surface area contributed by atoms with Crippen molar-refractivity contribution in [1.82, 2.24) is 0 Å². The smallest absolute Gasteiger partial charge is 0.248 e. The molecular formula is C28H31NO4. The standard InChI is InChI=1S/C28H31NO4/c1-28(2,3)22-13-9-10-14-23(22)29-26(30)16-15-21-17-24(31-4)27(25(18-21)32-5)33-19-20-11-7-6-8-12-20/h6-18H,19H2,1-5H3,(H,29,30). The molecule has 172 valence electrons. The molecule has 5 nitrogen and oxygen atoms in total. The van der Waals surface area contributed by atoms with Crippen LogP contribution in [0.1, 0.15) is 37.5 Å². The lowest BCUT2D eigenvalue weighted by atomic mass is 9.86. The second kappa shape index (κ2) is 10.7. The summed E-state index contributed by atoms with van der Waals surface area (Å²) in [5.74, 6) is 1.37. The highest BCUT2D eigenvalue weighted by Crippen LogP contribution is 2.39. The number of carbonyl (C=O) groups excluding carboxylic acids is 1. The zero-order valence-corrected chi connectivity index (χ0v) is 19.8. The topological polar surface area (TPSA) is 56.8 Å². The van der Waals surface area contributed by atoms with Gasteiger partial charge in [-0.15, -0.1) is 0 Å². The lowest BCUT2D eigenvalue weighted by Crippen LogP contribution is -2.17. The molecule has 0 atom stereocenters. The average Bonchev–Trinajstić information content (AvgIpc) is 2.81. The third-order valence-electron chi connectivity index (χ3n) is 5.13. The van der Waals surface area contributed by atoms with Crippen molar-refractivity contribution in [2.75, 3.05) is 19.5 Å². The number of hydrogen-bond acceptors (Lipinski definition) is 4. The van der Waals surface area contributed by atoms with Crippen LogP contribution in [0.15, 0.2) is 72.8 Å². The molecule has 0 heterocycles. The number of anilines is 1. The predicted octanol–water partition coefficient (Wildman–Crippen LogP) is 6.23. The van der Waals surface area contributed by atoms with Crippen molar-refractivity contribution in [3.8, 4) is 17.2 Å². The lowest BCUT2D eigenvalue weighted by Gasteiger charge is -2.22. The van der Waals surface area contributed by atoms with Crippen LogP contribution in [0, 0.1) is 0 Å². The van der Waals surface area contributed by atoms with Crippen molar-refractivity contribution in [2.45, 2.75) is 32.8 Å². The molecule has 3 rings (SSSR count). The van der Waals surface area contributed by atoms with E-state index in [2.05, 4.69) is 26.1 Å². The van der Waals surface area contributed by atoms with Gasteiger partial charge in [0, 0.05) is 11.8 Å². The Kier molecular flexibility index (Phi) is 7.78. The van der Waals surface area contributed by atoms with E-state index in [1.54, 1.807) is 20.3 Å². The van der Waals surface area contributed by atoms with E-state index in [0.29, 0.717) is 23.9 Å². The van der Waals surface area contributed by atoms with Gasteiger partial charge in [-0.3, -0.25) is 4.79 Å². The van der Waals surface area contributed by atoms with Crippen LogP contribution in [0.5, 0.6) is 17.2 Å². The van der Waals surface area contributed by atoms with Gasteiger partial charge in [-0.25, -0.2) is 0 Å². The Hall–Kier alpha value is -3.73. The Bertz CT molecular complexity index is 1090. The number of ether oxygens (including phenoxy) is 3. The van der Waals surface area contributed by atoms with Crippen molar-refractivity contribution in [3.63, 3.8) is 0 Å². The summed E-state index contributed by atoms with van der Waals surface area (Å²) < 4.78 is 17.1. The first kappa shape index (κ1) is 23.9. The summed E-state index contributed by atoms with van der Waals surface area (Å²) >= 11 is 0. The molecule has 0 unspecified atom stereocenters. The van der Waals surface area contributed by atoms with Gasteiger partial charge in [-0.1, -0.05) is 69.3 Å². The zero-order chi connectivity index (χ0) is 23.8. The molecule has 33 heavy (non-hydrogen) atoms. The summed E-state index contributed by atoms with van der Waals surface area (Å²) in [5.41, 5.74) is 3.60. The number of carbonyl (C=O) groups is 1. The maximum absolute atomic E-state index is 12.6. The van der Waals surface area contributed by atoms with Crippen LogP contribution < -0.4 is 19.5 Å². The predicted molar refractivity (Wildman–Crippen MR) is 133 cm³/mol. The van der Waals surface area contributed by atoms with Gasteiger partial charge in [-0.2, -0.15) is 0 Å². The van der Waals surface area contributed by atoms with Gasteiger partial charge >= 0.3 is 0 Å². The number of benzene rings is 3. The van der Waals surface area contributed by atoms with Gasteiger partial charge in [0.1, 0.15) is 6.61 Å². The van der Waals surface area contributed by atoms with Gasteiger partial charge < -0.3 is 19.5 Å². The minimum absolute atomic E-state index is 0.0795. The van der Waals surface area contributed by atoms with E-state index in [0.717, 1.165) is 22.4 Å². The first-order valence-electron chi connectivity index (χ1n) is 10.8. The van der Waals surface area contributed by atoms with Gasteiger partial charge in [0.2, 0.25) is 11.7 Å². The highest BCUT2D eigenvalue weighted by molar-refractivity contribution is 6.02. The van der Waals surface area contributed by atoms with Crippen molar-refractivity contribution in [2.24, 2.45) is 0 Å². The quantitative estimate of drug-likeness (QED) is 0.418. The van der Waals surface area contributed by atoms with E-state index >= 15 is 0 Å². The molecule has 0 spiro atoms. The molecule has 1 N–H and O–H groups in total. The van der Waals surface area contributed by atoms with Crippen LogP contribution in [0.25, 0.3) is 6.08 Å². The second-order valence-corrected chi connectivity index (χ2v) is 8.65. The van der Waals surface area contributed by atoms with E-state index in [4.69, 9.17) is 14.2 Å². The molecule has 0 radical (unpaired) electrons. The number of para-hydroxylation sites is 1. The summed E-state index contributed by atoms with van der Waals surface area (Å²) in [5, 5.41) is 2.98. The third kappa shape index (κ3) is 6.39. The first-order chi connectivity index (χ1) is 15.8. The Labute approximate surface area is 196 Å². The van der Waals surface area contributed by atoms with E-state index in [9.17, 15) is 4.79 Å². The van der Waals surface area contributed by atoms with Crippen molar-refractivity contribution in [1.29, 1.82) is 0 Å². The van der Waals surface area contributed by atoms with Crippen molar-refractivity contribution >= 4 is 17.7 Å². The minimum atomic E-state index is -0.214. The van der Waals surface area contributed by atoms with Crippen molar-refractivity contribution in [3.05, 3.63) is 89.5 Å². The van der Waals surface area contributed by atoms with Crippen LogP contribution in [-0.4, -0.2) is 20.1 Å². The largest absolute Gasteiger partial charge is 0.493 e. The fourth-order valence-electron chi connectivity index (χ4n) is 3.46. The average molecular weight is 446 g/mol. The fraction of sp³-hybridized carbons (Fsp3) is 0.250. The third-order valence-corrected chi connectivity index (χ3v) is 5.13. The molecule has 3 aromatic rings. The van der Waals surface area contributed by atoms with Crippen LogP contribution in [0.4, 0.5) is 5.69 Å². The highest BCUT2D eigenvalue weighted by atomic mass is 16.5. The van der Waals surface area contributed by atoms with Gasteiger partial charge in [0.25, 0.3) is 0 Å². The van der Waals surface area contributed by atoms with Crippen LogP contribution >= 0.6 is 0 Å². The first-order valence-corrected chi connectivity index (χ1v) is 10.8. The molecular weight excluding hydrogens is 414 g/mol. The van der Waals surface area contributed by atoms with E-state index < -0.39 is 0 Å². The Morgan fingerprint density at radius 3 is 2.12 bits per heavy atom. The molecule has 0 bridgehead atoms. The van der Waals surface area contributed by atoms with E-state index in [1.807, 2.05) is 66.7 Å². The summed E-state index contributed by atoms with van der Waals surface area (Å²) in [6, 6.07) is 21.3. The van der Waals surface area contributed by atoms with Gasteiger partial charge in [0.15, 0.2) is 11.5 Å². The number of hydrogen-bond donors (Lipinski definition) is 1. The second-order valence-electron chi connectivity index (χ2n) is 8.65. The SMILES string of the molecule is COc1cc(C=CC(=O)Nc2ccccc2C(C)(C)C)cc(OC)c1OCc1ccccc1. The molecule has 0 saturated heterocycles. The Balaban J connectivity index is 1.77. The maximum Gasteiger partial charge on any atom is 0.248 e. The molecule has 0 saturated carbocycles. The number of amides is 1. The number of methoxy groups -OCH3 is 2. The number of rotatable bonds is 8. The van der Waals surface area contributed by atoms with E-state index in [1.165, 1.54) is 6.08 Å². The van der Waals surface area contributed by atoms with Crippen LogP contribution in [-0.2, 0) is 16.8 Å². The van der Waals surface area contributed by atoms with Gasteiger partial charge in [-0.05, 0) is 46.4 Å². The zero-order valence-electron chi connectivity index (χ0n) is 19.8. The summed E-state index contributed by atoms with van der Waals surface area (Å²) in [6.45, 7) is 6.74. The molecule has 1 amide bonds. The fourth-order valence-corrected chi connectivity index (χ4v) is 3.46.